The van der Waals surface area contributed by atoms with Crippen molar-refractivity contribution in [3.63, 3.8) is 0 Å². The van der Waals surface area contributed by atoms with E-state index in [1.165, 1.54) is 12.0 Å². The number of hydrogen-bond acceptors (Lipinski definition) is 3. The van der Waals surface area contributed by atoms with Gasteiger partial charge in [0.1, 0.15) is 6.54 Å². The number of ether oxygens (including phenoxy) is 1. The van der Waals surface area contributed by atoms with Crippen molar-refractivity contribution >= 4 is 11.9 Å². The summed E-state index contributed by atoms with van der Waals surface area (Å²) in [5.41, 5.74) is 1.42. The fourth-order valence-corrected chi connectivity index (χ4v) is 4.26. The van der Waals surface area contributed by atoms with Crippen LogP contribution in [0.25, 0.3) is 0 Å². The van der Waals surface area contributed by atoms with Crippen LogP contribution in [-0.4, -0.2) is 74.7 Å². The lowest BCUT2D eigenvalue weighted by molar-refractivity contribution is -0.127. The molecule has 0 aliphatic carbocycles. The van der Waals surface area contributed by atoms with Gasteiger partial charge in [0.05, 0.1) is 6.10 Å². The Balaban J connectivity index is 1.64. The van der Waals surface area contributed by atoms with E-state index in [0.717, 1.165) is 51.5 Å². The van der Waals surface area contributed by atoms with Crippen LogP contribution in [0, 0.1) is 5.92 Å². The molecule has 2 aliphatic heterocycles. The molecule has 3 atom stereocenters. The molecule has 2 heterocycles. The van der Waals surface area contributed by atoms with Crippen LogP contribution in [0.15, 0.2) is 35.3 Å². The number of carbonyl (C=O) groups excluding carboxylic acids is 1. The zero-order valence-corrected chi connectivity index (χ0v) is 18.1. The average molecular weight is 401 g/mol. The third-order valence-corrected chi connectivity index (χ3v) is 6.06. The summed E-state index contributed by atoms with van der Waals surface area (Å²) in [7, 11) is 3.54. The predicted molar refractivity (Wildman–Crippen MR) is 117 cm³/mol. The highest BCUT2D eigenvalue weighted by atomic mass is 16.5. The molecule has 3 unspecified atom stereocenters. The molecule has 0 bridgehead atoms. The van der Waals surface area contributed by atoms with E-state index in [2.05, 4.69) is 52.5 Å². The lowest BCUT2D eigenvalue weighted by Crippen LogP contribution is -2.50. The Kier molecular flexibility index (Phi) is 7.92. The third kappa shape index (κ3) is 6.20. The number of likely N-dealkylation sites (tertiary alicyclic amines) is 1. The quantitative estimate of drug-likeness (QED) is 0.610. The molecule has 1 aromatic carbocycles. The number of aliphatic imine (C=N–C) groups is 1. The molecule has 1 amide bonds. The first-order valence-corrected chi connectivity index (χ1v) is 10.9. The maximum absolute atomic E-state index is 12.1. The average Bonchev–Trinajstić information content (AvgIpc) is 2.74. The number of rotatable bonds is 5. The maximum atomic E-state index is 12.1. The smallest absolute Gasteiger partial charge is 0.243 e. The molecule has 0 aromatic heterocycles. The lowest BCUT2D eigenvalue weighted by atomic mass is 9.82. The fourth-order valence-electron chi connectivity index (χ4n) is 4.26. The molecule has 2 fully saturated rings. The number of nitrogens with zero attached hydrogens (tertiary/aromatic N) is 3. The summed E-state index contributed by atoms with van der Waals surface area (Å²) in [5.74, 6) is 1.95. The predicted octanol–water partition coefficient (Wildman–Crippen LogP) is 2.71. The van der Waals surface area contributed by atoms with E-state index in [0.29, 0.717) is 11.8 Å². The molecule has 1 aromatic rings. The number of benzene rings is 1. The summed E-state index contributed by atoms with van der Waals surface area (Å²) >= 11 is 0. The minimum absolute atomic E-state index is 0.0189. The molecule has 6 nitrogen and oxygen atoms in total. The molecule has 0 radical (unpaired) electrons. The van der Waals surface area contributed by atoms with Crippen LogP contribution in [0.4, 0.5) is 0 Å². The number of likely N-dealkylation sites (N-methyl/N-ethyl adjacent to an activating group) is 1. The zero-order chi connectivity index (χ0) is 20.6. The molecule has 3 rings (SSSR count). The highest BCUT2D eigenvalue weighted by Crippen LogP contribution is 2.32. The monoisotopic (exact) mass is 400 g/mol. The van der Waals surface area contributed by atoms with Gasteiger partial charge in [-0.15, -0.1) is 0 Å². The number of hydrogen-bond donors (Lipinski definition) is 1. The van der Waals surface area contributed by atoms with Gasteiger partial charge in [0.2, 0.25) is 5.91 Å². The van der Waals surface area contributed by atoms with Crippen molar-refractivity contribution in [3.05, 3.63) is 35.9 Å². The van der Waals surface area contributed by atoms with Crippen molar-refractivity contribution in [2.75, 3.05) is 46.9 Å². The van der Waals surface area contributed by atoms with Crippen molar-refractivity contribution in [2.24, 2.45) is 10.9 Å². The molecular formula is C23H36N4O2. The van der Waals surface area contributed by atoms with Crippen LogP contribution in [0.3, 0.4) is 0 Å². The second-order valence-corrected chi connectivity index (χ2v) is 8.53. The highest BCUT2D eigenvalue weighted by molar-refractivity contribution is 5.85. The Morgan fingerprint density at radius 3 is 2.69 bits per heavy atom. The standard InChI is InChI=1S/C23H36N4O2/c1-18-17-27(13-12-21(18)19-9-5-4-6-10-19)23(25-16-22(28)26(2)3)24-15-20-11-7-8-14-29-20/h4-6,9-10,18,20-21H,7-8,11-17H2,1-3H3,(H,24,25). The zero-order valence-electron chi connectivity index (χ0n) is 18.1. The topological polar surface area (TPSA) is 57.2 Å². The Morgan fingerprint density at radius 2 is 2.03 bits per heavy atom. The number of piperidine rings is 1. The van der Waals surface area contributed by atoms with Gasteiger partial charge in [0.25, 0.3) is 0 Å². The Labute approximate surface area is 175 Å². The van der Waals surface area contributed by atoms with Crippen molar-refractivity contribution in [3.8, 4) is 0 Å². The van der Waals surface area contributed by atoms with E-state index in [-0.39, 0.29) is 18.6 Å². The summed E-state index contributed by atoms with van der Waals surface area (Å²) < 4.78 is 5.86. The molecule has 1 N–H and O–H groups in total. The summed E-state index contributed by atoms with van der Waals surface area (Å²) in [4.78, 5) is 20.7. The van der Waals surface area contributed by atoms with Crippen LogP contribution >= 0.6 is 0 Å². The molecule has 0 spiro atoms. The van der Waals surface area contributed by atoms with Crippen LogP contribution in [0.1, 0.15) is 44.1 Å². The number of nitrogens with one attached hydrogen (secondary N) is 1. The normalized spacial score (nSPS) is 25.6. The van der Waals surface area contributed by atoms with Gasteiger partial charge in [0, 0.05) is 40.3 Å². The first-order valence-electron chi connectivity index (χ1n) is 10.9. The number of amides is 1. The Morgan fingerprint density at radius 1 is 1.24 bits per heavy atom. The number of carbonyl (C=O) groups is 1. The molecule has 0 saturated carbocycles. The van der Waals surface area contributed by atoms with Gasteiger partial charge >= 0.3 is 0 Å². The van der Waals surface area contributed by atoms with Crippen LogP contribution in [-0.2, 0) is 9.53 Å². The number of guanidine groups is 1. The first kappa shape index (κ1) is 21.6. The van der Waals surface area contributed by atoms with Gasteiger partial charge < -0.3 is 19.9 Å². The van der Waals surface area contributed by atoms with Gasteiger partial charge in [-0.1, -0.05) is 37.3 Å². The van der Waals surface area contributed by atoms with E-state index < -0.39 is 0 Å². The van der Waals surface area contributed by atoms with Crippen molar-refractivity contribution in [1.29, 1.82) is 0 Å². The minimum atomic E-state index is 0.0189. The van der Waals surface area contributed by atoms with Crippen molar-refractivity contribution in [1.82, 2.24) is 15.1 Å². The van der Waals surface area contributed by atoms with Gasteiger partial charge in [-0.05, 0) is 43.1 Å². The van der Waals surface area contributed by atoms with Crippen LogP contribution in [0.2, 0.25) is 0 Å². The Hall–Kier alpha value is -2.08. The summed E-state index contributed by atoms with van der Waals surface area (Å²) in [5, 5.41) is 3.51. The third-order valence-electron chi connectivity index (χ3n) is 6.06. The van der Waals surface area contributed by atoms with E-state index in [4.69, 9.17) is 4.74 Å². The molecule has 6 heteroatoms. The summed E-state index contributed by atoms with van der Waals surface area (Å²) in [6.45, 7) is 5.97. The summed E-state index contributed by atoms with van der Waals surface area (Å²) in [6.07, 6.45) is 4.78. The molecule has 29 heavy (non-hydrogen) atoms. The molecule has 2 saturated heterocycles. The SMILES string of the molecule is CC1CN(C(=NCC(=O)N(C)C)NCC2CCCCO2)CCC1c1ccccc1. The first-order chi connectivity index (χ1) is 14.0. The van der Waals surface area contributed by atoms with Crippen molar-refractivity contribution < 1.29 is 9.53 Å². The van der Waals surface area contributed by atoms with E-state index in [1.54, 1.807) is 19.0 Å². The van der Waals surface area contributed by atoms with Gasteiger partial charge in [-0.3, -0.25) is 4.79 Å². The van der Waals surface area contributed by atoms with Crippen molar-refractivity contribution in [2.45, 2.75) is 44.6 Å². The van der Waals surface area contributed by atoms with Crippen LogP contribution in [0.5, 0.6) is 0 Å². The highest BCUT2D eigenvalue weighted by Gasteiger charge is 2.29. The van der Waals surface area contributed by atoms with E-state index in [9.17, 15) is 4.79 Å². The second-order valence-electron chi connectivity index (χ2n) is 8.53. The Bertz CT molecular complexity index is 671. The molecular weight excluding hydrogens is 364 g/mol. The summed E-state index contributed by atoms with van der Waals surface area (Å²) in [6, 6.07) is 10.8. The van der Waals surface area contributed by atoms with Gasteiger partial charge in [-0.2, -0.15) is 0 Å². The van der Waals surface area contributed by atoms with E-state index in [1.807, 2.05) is 0 Å². The fraction of sp³-hybridized carbons (Fsp3) is 0.652. The molecule has 160 valence electrons. The van der Waals surface area contributed by atoms with Gasteiger partial charge in [-0.25, -0.2) is 4.99 Å². The largest absolute Gasteiger partial charge is 0.376 e. The second kappa shape index (κ2) is 10.6. The lowest BCUT2D eigenvalue weighted by Gasteiger charge is -2.39. The maximum Gasteiger partial charge on any atom is 0.243 e. The van der Waals surface area contributed by atoms with Gasteiger partial charge in [0.15, 0.2) is 5.96 Å². The molecule has 2 aliphatic rings. The van der Waals surface area contributed by atoms with Crippen LogP contribution < -0.4 is 5.32 Å². The van der Waals surface area contributed by atoms with E-state index >= 15 is 0 Å². The minimum Gasteiger partial charge on any atom is -0.376 e.